The van der Waals surface area contributed by atoms with Crippen LogP contribution in [-0.2, 0) is 14.3 Å². The Hall–Kier alpha value is -3.82. The molecule has 3 amide bonds. The van der Waals surface area contributed by atoms with Gasteiger partial charge in [0.15, 0.2) is 6.07 Å². The predicted molar refractivity (Wildman–Crippen MR) is 135 cm³/mol. The second-order valence-electron chi connectivity index (χ2n) is 8.19. The normalized spacial score (nSPS) is 15.6. The largest absolute Gasteiger partial charge is 0.446 e. The Morgan fingerprint density at radius 1 is 0.944 bits per heavy atom. The molecule has 0 spiro atoms. The molecule has 3 N–H and O–H groups in total. The zero-order valence-electron chi connectivity index (χ0n) is 20.5. The van der Waals surface area contributed by atoms with Crippen molar-refractivity contribution in [3.05, 3.63) is 47.5 Å². The first-order valence-electron chi connectivity index (χ1n) is 12.3. The van der Waals surface area contributed by atoms with Gasteiger partial charge in [-0.05, 0) is 62.8 Å². The van der Waals surface area contributed by atoms with Gasteiger partial charge in [0.25, 0.3) is 5.91 Å². The van der Waals surface area contributed by atoms with Crippen LogP contribution in [0.1, 0.15) is 60.9 Å². The lowest BCUT2D eigenvalue weighted by molar-refractivity contribution is -0.122. The second-order valence-corrected chi connectivity index (χ2v) is 8.19. The summed E-state index contributed by atoms with van der Waals surface area (Å²) in [6.45, 7) is 1.72. The fourth-order valence-electron chi connectivity index (χ4n) is 3.44. The van der Waals surface area contributed by atoms with Crippen molar-refractivity contribution in [3.8, 4) is 17.9 Å². The van der Waals surface area contributed by atoms with Crippen LogP contribution < -0.4 is 16.0 Å². The van der Waals surface area contributed by atoms with Crippen molar-refractivity contribution >= 4 is 17.9 Å². The van der Waals surface area contributed by atoms with Crippen LogP contribution in [0.5, 0.6) is 0 Å². The molecular weight excluding hydrogens is 460 g/mol. The van der Waals surface area contributed by atoms with Gasteiger partial charge in [-0.15, -0.1) is 0 Å². The molecule has 1 aliphatic rings. The number of alkyl carbamates (subject to hydrolysis) is 1. The molecule has 0 saturated carbocycles. The SMILES string of the molecule is N#CC#Cc1ccc(C(=O)NCCOCCC(=O)NCCCNC(=O)OC2CC/C=C/CCC2)cc1. The number of carbonyl (C=O) groups is 3. The maximum absolute atomic E-state index is 12.1. The molecule has 0 fully saturated rings. The monoisotopic (exact) mass is 494 g/mol. The number of nitrogens with one attached hydrogen (secondary N) is 3. The summed E-state index contributed by atoms with van der Waals surface area (Å²) in [4.78, 5) is 35.9. The van der Waals surface area contributed by atoms with Crippen LogP contribution >= 0.6 is 0 Å². The molecule has 9 nitrogen and oxygen atoms in total. The summed E-state index contributed by atoms with van der Waals surface area (Å²) in [5.41, 5.74) is 1.14. The van der Waals surface area contributed by atoms with Crippen molar-refractivity contribution in [2.45, 2.75) is 51.0 Å². The highest BCUT2D eigenvalue weighted by molar-refractivity contribution is 5.94. The van der Waals surface area contributed by atoms with E-state index in [1.807, 2.05) is 0 Å². The molecule has 192 valence electrons. The molecule has 1 unspecified atom stereocenters. The number of hydrogen-bond donors (Lipinski definition) is 3. The zero-order chi connectivity index (χ0) is 25.8. The number of carbonyl (C=O) groups excluding carboxylic acids is 3. The molecule has 1 aromatic carbocycles. The third-order valence-corrected chi connectivity index (χ3v) is 5.35. The van der Waals surface area contributed by atoms with Gasteiger partial charge in [-0.2, -0.15) is 5.26 Å². The standard InChI is InChI=1S/C27H34N4O5/c28-16-6-8-22-11-13-23(14-12-22)26(33)30-19-21-35-20-15-25(32)29-17-7-18-31-27(34)36-24-9-4-2-1-3-5-10-24/h1-2,11-14,24H,3-5,7,9-10,15,17-21H2,(H,29,32)(H,30,33)(H,31,34)/b2-1+. The van der Waals surface area contributed by atoms with Gasteiger partial charge in [-0.25, -0.2) is 4.79 Å². The van der Waals surface area contributed by atoms with Crippen molar-refractivity contribution in [1.82, 2.24) is 16.0 Å². The van der Waals surface area contributed by atoms with E-state index in [4.69, 9.17) is 14.7 Å². The molecule has 0 aliphatic heterocycles. The maximum atomic E-state index is 12.1. The summed E-state index contributed by atoms with van der Waals surface area (Å²) in [5, 5.41) is 16.7. The first kappa shape index (κ1) is 28.4. The van der Waals surface area contributed by atoms with Gasteiger partial charge in [0.05, 0.1) is 13.2 Å². The van der Waals surface area contributed by atoms with Crippen LogP contribution in [0.2, 0.25) is 0 Å². The summed E-state index contributed by atoms with van der Waals surface area (Å²) in [6.07, 6.45) is 9.41. The molecule has 0 heterocycles. The molecule has 9 heteroatoms. The lowest BCUT2D eigenvalue weighted by Crippen LogP contribution is -2.32. The third-order valence-electron chi connectivity index (χ3n) is 5.35. The van der Waals surface area contributed by atoms with E-state index in [-0.39, 0.29) is 37.6 Å². The van der Waals surface area contributed by atoms with Crippen LogP contribution in [0.4, 0.5) is 4.79 Å². The van der Waals surface area contributed by atoms with Crippen molar-refractivity contribution < 1.29 is 23.9 Å². The highest BCUT2D eigenvalue weighted by Crippen LogP contribution is 2.15. The maximum Gasteiger partial charge on any atom is 0.407 e. The second kappa shape index (κ2) is 17.6. The minimum atomic E-state index is -0.404. The number of amides is 3. The predicted octanol–water partition coefficient (Wildman–Crippen LogP) is 2.82. The van der Waals surface area contributed by atoms with E-state index in [2.05, 4.69) is 39.9 Å². The average Bonchev–Trinajstić information content (AvgIpc) is 2.86. The topological polar surface area (TPSA) is 130 Å². The molecule has 1 aliphatic carbocycles. The summed E-state index contributed by atoms with van der Waals surface area (Å²) in [7, 11) is 0. The lowest BCUT2D eigenvalue weighted by Gasteiger charge is -2.18. The number of benzene rings is 1. The van der Waals surface area contributed by atoms with Gasteiger partial charge in [-0.1, -0.05) is 18.1 Å². The first-order valence-corrected chi connectivity index (χ1v) is 12.3. The quantitative estimate of drug-likeness (QED) is 0.233. The summed E-state index contributed by atoms with van der Waals surface area (Å²) in [5.74, 6) is 4.58. The van der Waals surface area contributed by atoms with E-state index in [0.29, 0.717) is 37.2 Å². The van der Waals surface area contributed by atoms with Crippen LogP contribution in [0.25, 0.3) is 0 Å². The molecule has 2 rings (SSSR count). The Labute approximate surface area is 212 Å². The Morgan fingerprint density at radius 3 is 2.53 bits per heavy atom. The van der Waals surface area contributed by atoms with Crippen LogP contribution in [-0.4, -0.2) is 56.9 Å². The minimum absolute atomic E-state index is 0.0365. The fourth-order valence-corrected chi connectivity index (χ4v) is 3.44. The molecule has 0 bridgehead atoms. The summed E-state index contributed by atoms with van der Waals surface area (Å²) < 4.78 is 10.9. The zero-order valence-corrected chi connectivity index (χ0v) is 20.5. The van der Waals surface area contributed by atoms with Gasteiger partial charge >= 0.3 is 6.09 Å². The molecule has 0 aromatic heterocycles. The number of ether oxygens (including phenoxy) is 2. The van der Waals surface area contributed by atoms with E-state index in [0.717, 1.165) is 32.1 Å². The van der Waals surface area contributed by atoms with Crippen molar-refractivity contribution in [3.63, 3.8) is 0 Å². The van der Waals surface area contributed by atoms with Crippen LogP contribution in [0, 0.1) is 23.2 Å². The van der Waals surface area contributed by atoms with Gasteiger partial charge < -0.3 is 25.4 Å². The van der Waals surface area contributed by atoms with Gasteiger partial charge in [-0.3, -0.25) is 9.59 Å². The molecular formula is C27H34N4O5. The van der Waals surface area contributed by atoms with E-state index in [1.54, 1.807) is 30.3 Å². The summed E-state index contributed by atoms with van der Waals surface area (Å²) >= 11 is 0. The van der Waals surface area contributed by atoms with Crippen molar-refractivity contribution in [2.24, 2.45) is 0 Å². The van der Waals surface area contributed by atoms with Crippen LogP contribution in [0.15, 0.2) is 36.4 Å². The van der Waals surface area contributed by atoms with E-state index >= 15 is 0 Å². The molecule has 0 radical (unpaired) electrons. The number of hydrogen-bond acceptors (Lipinski definition) is 6. The Balaban J connectivity index is 1.44. The number of rotatable bonds is 12. The highest BCUT2D eigenvalue weighted by Gasteiger charge is 2.14. The average molecular weight is 495 g/mol. The molecule has 36 heavy (non-hydrogen) atoms. The minimum Gasteiger partial charge on any atom is -0.446 e. The highest BCUT2D eigenvalue weighted by atomic mass is 16.6. The Bertz CT molecular complexity index is 973. The number of allylic oxidation sites excluding steroid dienone is 2. The first-order chi connectivity index (χ1) is 17.6. The summed E-state index contributed by atoms with van der Waals surface area (Å²) in [6, 6.07) is 8.36. The Kier molecular flexibility index (Phi) is 13.9. The number of nitrogens with zero attached hydrogens (tertiary/aromatic N) is 1. The van der Waals surface area contributed by atoms with Gasteiger partial charge in [0, 0.05) is 43.1 Å². The smallest absolute Gasteiger partial charge is 0.407 e. The van der Waals surface area contributed by atoms with E-state index in [9.17, 15) is 14.4 Å². The molecule has 1 aromatic rings. The molecule has 1 atom stereocenters. The van der Waals surface area contributed by atoms with Crippen LogP contribution in [0.3, 0.4) is 0 Å². The van der Waals surface area contributed by atoms with E-state index in [1.165, 1.54) is 0 Å². The fraction of sp³-hybridized carbons (Fsp3) is 0.481. The molecule has 0 saturated heterocycles. The van der Waals surface area contributed by atoms with E-state index < -0.39 is 6.09 Å². The van der Waals surface area contributed by atoms with Gasteiger partial charge in [0.2, 0.25) is 5.91 Å². The number of nitriles is 1. The van der Waals surface area contributed by atoms with Crippen molar-refractivity contribution in [2.75, 3.05) is 32.8 Å². The lowest BCUT2D eigenvalue weighted by atomic mass is 10.0. The Morgan fingerprint density at radius 2 is 1.72 bits per heavy atom. The van der Waals surface area contributed by atoms with Gasteiger partial charge in [0.1, 0.15) is 6.10 Å². The van der Waals surface area contributed by atoms with Crippen molar-refractivity contribution in [1.29, 1.82) is 5.26 Å². The third kappa shape index (κ3) is 12.6.